The number of hydrogen-bond donors (Lipinski definition) is 0. The molecule has 0 spiro atoms. The van der Waals surface area contributed by atoms with Crippen molar-refractivity contribution in [1.82, 2.24) is 24.7 Å². The zero-order valence-corrected chi connectivity index (χ0v) is 16.6. The molecule has 170 valence electrons. The molecule has 0 radical (unpaired) electrons. The lowest BCUT2D eigenvalue weighted by Gasteiger charge is -2.22. The molecule has 3 aromatic rings. The standard InChI is InChI=1S/C20H18F6N6/c21-19(22,23)15-3-1-12(2-4-15)7-30-8-13-10-31(11-14(13)9-30)17-6-5-16-27-28-18(20(24,25)26)32(16)29-17/h1-6,13-14H,7-11H2. The number of anilines is 1. The molecule has 1 aromatic carbocycles. The van der Waals surface area contributed by atoms with Crippen LogP contribution in [0.25, 0.3) is 5.65 Å². The minimum atomic E-state index is -4.65. The van der Waals surface area contributed by atoms with Crippen molar-refractivity contribution in [3.05, 3.63) is 53.3 Å². The van der Waals surface area contributed by atoms with Crippen molar-refractivity contribution in [1.29, 1.82) is 0 Å². The van der Waals surface area contributed by atoms with Crippen molar-refractivity contribution in [2.24, 2.45) is 11.8 Å². The largest absolute Gasteiger partial charge is 0.453 e. The molecule has 4 heterocycles. The van der Waals surface area contributed by atoms with E-state index in [0.29, 0.717) is 37.3 Å². The summed E-state index contributed by atoms with van der Waals surface area (Å²) < 4.78 is 78.2. The molecule has 32 heavy (non-hydrogen) atoms. The van der Waals surface area contributed by atoms with Gasteiger partial charge in [-0.3, -0.25) is 4.90 Å². The van der Waals surface area contributed by atoms with Gasteiger partial charge in [0.15, 0.2) is 5.65 Å². The van der Waals surface area contributed by atoms with Crippen LogP contribution in [0.3, 0.4) is 0 Å². The highest BCUT2D eigenvalue weighted by atomic mass is 19.4. The van der Waals surface area contributed by atoms with Crippen LogP contribution in [0.15, 0.2) is 36.4 Å². The predicted molar refractivity (Wildman–Crippen MR) is 102 cm³/mol. The number of aromatic nitrogens is 4. The minimum Gasteiger partial charge on any atom is -0.355 e. The molecule has 0 amide bonds. The molecule has 2 aliphatic heterocycles. The molecule has 2 unspecified atom stereocenters. The van der Waals surface area contributed by atoms with Crippen LogP contribution in [0.4, 0.5) is 32.2 Å². The molecule has 0 saturated carbocycles. The Hall–Kier alpha value is -2.89. The van der Waals surface area contributed by atoms with E-state index in [1.807, 2.05) is 4.90 Å². The van der Waals surface area contributed by atoms with E-state index in [4.69, 9.17) is 0 Å². The van der Waals surface area contributed by atoms with Gasteiger partial charge >= 0.3 is 12.4 Å². The Labute approximate surface area is 178 Å². The first-order chi connectivity index (χ1) is 15.1. The zero-order chi connectivity index (χ0) is 22.7. The summed E-state index contributed by atoms with van der Waals surface area (Å²) in [4.78, 5) is 4.16. The second-order valence-corrected chi connectivity index (χ2v) is 8.30. The third-order valence-electron chi connectivity index (χ3n) is 6.08. The maximum Gasteiger partial charge on any atom is 0.453 e. The molecule has 0 N–H and O–H groups in total. The molecule has 5 rings (SSSR count). The van der Waals surface area contributed by atoms with E-state index in [-0.39, 0.29) is 5.65 Å². The SMILES string of the molecule is FC(F)(F)c1ccc(CN2CC3CN(c4ccc5nnc(C(F)(F)F)n5n4)CC3C2)cc1. The fourth-order valence-electron chi connectivity index (χ4n) is 4.59. The summed E-state index contributed by atoms with van der Waals surface area (Å²) in [5, 5.41) is 10.8. The predicted octanol–water partition coefficient (Wildman–Crippen LogP) is 3.73. The molecular formula is C20H18F6N6. The number of hydrogen-bond acceptors (Lipinski definition) is 5. The number of likely N-dealkylation sites (tertiary alicyclic amines) is 1. The molecule has 0 bridgehead atoms. The third kappa shape index (κ3) is 3.87. The van der Waals surface area contributed by atoms with Crippen LogP contribution in [0, 0.1) is 11.8 Å². The van der Waals surface area contributed by atoms with E-state index >= 15 is 0 Å². The quantitative estimate of drug-likeness (QED) is 0.563. The lowest BCUT2D eigenvalue weighted by molar-refractivity contribution is -0.146. The highest BCUT2D eigenvalue weighted by Gasteiger charge is 2.41. The highest BCUT2D eigenvalue weighted by Crippen LogP contribution is 2.35. The lowest BCUT2D eigenvalue weighted by Crippen LogP contribution is -2.29. The van der Waals surface area contributed by atoms with Crippen LogP contribution in [-0.4, -0.2) is 50.9 Å². The van der Waals surface area contributed by atoms with Crippen molar-refractivity contribution in [2.45, 2.75) is 18.9 Å². The first-order valence-electron chi connectivity index (χ1n) is 10.0. The summed E-state index contributed by atoms with van der Waals surface area (Å²) in [6.45, 7) is 3.40. The van der Waals surface area contributed by atoms with Crippen LogP contribution in [0.1, 0.15) is 17.0 Å². The molecule has 12 heteroatoms. The second kappa shape index (κ2) is 7.32. The molecule has 6 nitrogen and oxygen atoms in total. The van der Waals surface area contributed by atoms with Crippen LogP contribution in [0.5, 0.6) is 0 Å². The summed E-state index contributed by atoms with van der Waals surface area (Å²) in [5.74, 6) is -0.0992. The number of rotatable bonds is 3. The fraction of sp³-hybridized carbons (Fsp3) is 0.450. The molecule has 2 fully saturated rings. The number of fused-ring (bicyclic) bond motifs is 2. The summed E-state index contributed by atoms with van der Waals surface area (Å²) in [7, 11) is 0. The van der Waals surface area contributed by atoms with E-state index in [1.54, 1.807) is 6.07 Å². The number of benzene rings is 1. The van der Waals surface area contributed by atoms with Crippen molar-refractivity contribution in [3.8, 4) is 0 Å². The van der Waals surface area contributed by atoms with Crippen LogP contribution in [0.2, 0.25) is 0 Å². The maximum absolute atomic E-state index is 13.1. The lowest BCUT2D eigenvalue weighted by atomic mass is 10.0. The normalized spacial score (nSPS) is 22.1. The Kier molecular flexibility index (Phi) is 4.80. The molecule has 2 aliphatic rings. The van der Waals surface area contributed by atoms with Crippen molar-refractivity contribution in [2.75, 3.05) is 31.1 Å². The number of halogens is 6. The van der Waals surface area contributed by atoms with E-state index in [9.17, 15) is 26.3 Å². The van der Waals surface area contributed by atoms with E-state index < -0.39 is 23.7 Å². The van der Waals surface area contributed by atoms with Gasteiger partial charge < -0.3 is 4.90 Å². The summed E-state index contributed by atoms with van der Waals surface area (Å²) in [6, 6.07) is 8.30. The Balaban J connectivity index is 1.24. The summed E-state index contributed by atoms with van der Waals surface area (Å²) in [6.07, 6.45) is -9.00. The zero-order valence-electron chi connectivity index (χ0n) is 16.6. The molecule has 0 aliphatic carbocycles. The van der Waals surface area contributed by atoms with Gasteiger partial charge in [0, 0.05) is 32.7 Å². The number of nitrogens with zero attached hydrogens (tertiary/aromatic N) is 6. The van der Waals surface area contributed by atoms with Gasteiger partial charge in [-0.1, -0.05) is 12.1 Å². The maximum atomic E-state index is 13.1. The summed E-state index contributed by atoms with van der Waals surface area (Å²) >= 11 is 0. The van der Waals surface area contributed by atoms with Gasteiger partial charge in [-0.05, 0) is 41.7 Å². The van der Waals surface area contributed by atoms with Gasteiger partial charge in [0.25, 0.3) is 5.82 Å². The van der Waals surface area contributed by atoms with Gasteiger partial charge in [-0.2, -0.15) is 30.9 Å². The van der Waals surface area contributed by atoms with Gasteiger partial charge in [0.1, 0.15) is 5.82 Å². The van der Waals surface area contributed by atoms with Crippen LogP contribution in [-0.2, 0) is 18.9 Å². The topological polar surface area (TPSA) is 49.6 Å². The Bertz CT molecular complexity index is 1110. The van der Waals surface area contributed by atoms with Crippen LogP contribution < -0.4 is 4.90 Å². The van der Waals surface area contributed by atoms with Crippen molar-refractivity contribution >= 4 is 11.5 Å². The summed E-state index contributed by atoms with van der Waals surface area (Å²) in [5.41, 5.74) is 0.179. The van der Waals surface area contributed by atoms with E-state index in [1.165, 1.54) is 18.2 Å². The second-order valence-electron chi connectivity index (χ2n) is 8.30. The Morgan fingerprint density at radius 1 is 0.781 bits per heavy atom. The van der Waals surface area contributed by atoms with Gasteiger partial charge in [-0.15, -0.1) is 15.3 Å². The third-order valence-corrected chi connectivity index (χ3v) is 6.08. The van der Waals surface area contributed by atoms with Gasteiger partial charge in [-0.25, -0.2) is 0 Å². The fourth-order valence-corrected chi connectivity index (χ4v) is 4.59. The van der Waals surface area contributed by atoms with Gasteiger partial charge in [0.2, 0.25) is 0 Å². The van der Waals surface area contributed by atoms with Crippen molar-refractivity contribution in [3.63, 3.8) is 0 Å². The average molecular weight is 456 g/mol. The molecule has 2 saturated heterocycles. The Morgan fingerprint density at radius 2 is 1.44 bits per heavy atom. The van der Waals surface area contributed by atoms with Gasteiger partial charge in [0.05, 0.1) is 5.56 Å². The molecule has 2 atom stereocenters. The first-order valence-corrected chi connectivity index (χ1v) is 10.0. The highest BCUT2D eigenvalue weighted by molar-refractivity contribution is 5.47. The Morgan fingerprint density at radius 3 is 2.03 bits per heavy atom. The van der Waals surface area contributed by atoms with E-state index in [2.05, 4.69) is 20.2 Å². The smallest absolute Gasteiger partial charge is 0.355 e. The molecule has 2 aromatic heterocycles. The van der Waals surface area contributed by atoms with Crippen LogP contribution >= 0.6 is 0 Å². The number of alkyl halides is 6. The minimum absolute atomic E-state index is 0.0307. The molecular weight excluding hydrogens is 438 g/mol. The average Bonchev–Trinajstić information content (AvgIpc) is 3.39. The van der Waals surface area contributed by atoms with Crippen molar-refractivity contribution < 1.29 is 26.3 Å². The van der Waals surface area contributed by atoms with E-state index in [0.717, 1.165) is 35.3 Å². The first kappa shape index (κ1) is 21.0. The monoisotopic (exact) mass is 456 g/mol.